The number of pyridine rings is 1. The zero-order chi connectivity index (χ0) is 21.3. The van der Waals surface area contributed by atoms with Crippen LogP contribution in [0, 0.1) is 20.8 Å². The number of aryl methyl sites for hydroxylation is 2. The van der Waals surface area contributed by atoms with E-state index in [1.54, 1.807) is 36.1 Å². The fraction of sp³-hybridized carbons (Fsp3) is 0.143. The third-order valence-electron chi connectivity index (χ3n) is 4.66. The van der Waals surface area contributed by atoms with Crippen LogP contribution in [0.3, 0.4) is 0 Å². The van der Waals surface area contributed by atoms with Crippen molar-refractivity contribution in [2.24, 2.45) is 0 Å². The molecule has 9 heteroatoms. The standard InChI is InChI=1S/C21H20N6O2S/c1-12-4-5-16(28)14(3)18(12)24-20(29)17-10-23-21(30-17)25-19-13(2)11-27(26-19)15-6-8-22-9-7-15/h4-11,28H,1-3H3,(H,24,29)(H,23,25,26). The highest BCUT2D eigenvalue weighted by molar-refractivity contribution is 7.17. The second kappa shape index (κ2) is 7.96. The number of aromatic hydroxyl groups is 1. The Hall–Kier alpha value is -3.72. The Morgan fingerprint density at radius 3 is 2.63 bits per heavy atom. The first-order valence-electron chi connectivity index (χ1n) is 9.22. The van der Waals surface area contributed by atoms with Crippen molar-refractivity contribution in [3.63, 3.8) is 0 Å². The smallest absolute Gasteiger partial charge is 0.267 e. The zero-order valence-electron chi connectivity index (χ0n) is 16.7. The van der Waals surface area contributed by atoms with Crippen LogP contribution in [0.4, 0.5) is 16.6 Å². The van der Waals surface area contributed by atoms with E-state index < -0.39 is 0 Å². The number of benzene rings is 1. The predicted octanol–water partition coefficient (Wildman–Crippen LogP) is 4.35. The second-order valence-electron chi connectivity index (χ2n) is 6.82. The monoisotopic (exact) mass is 420 g/mol. The number of amides is 1. The molecule has 0 bridgehead atoms. The van der Waals surface area contributed by atoms with Gasteiger partial charge < -0.3 is 15.7 Å². The molecule has 1 amide bonds. The molecule has 4 rings (SSSR count). The Labute approximate surface area is 177 Å². The van der Waals surface area contributed by atoms with Crippen LogP contribution in [0.2, 0.25) is 0 Å². The zero-order valence-corrected chi connectivity index (χ0v) is 17.5. The number of anilines is 3. The Kier molecular flexibility index (Phi) is 5.20. The minimum atomic E-state index is -0.281. The third kappa shape index (κ3) is 3.87. The van der Waals surface area contributed by atoms with Crippen molar-refractivity contribution < 1.29 is 9.90 Å². The van der Waals surface area contributed by atoms with Gasteiger partial charge in [0.1, 0.15) is 10.6 Å². The molecule has 3 aromatic heterocycles. The van der Waals surface area contributed by atoms with Crippen LogP contribution in [-0.2, 0) is 0 Å². The summed E-state index contributed by atoms with van der Waals surface area (Å²) in [6.07, 6.45) is 6.85. The lowest BCUT2D eigenvalue weighted by Gasteiger charge is -2.11. The van der Waals surface area contributed by atoms with Crippen molar-refractivity contribution in [3.8, 4) is 11.4 Å². The van der Waals surface area contributed by atoms with E-state index in [0.717, 1.165) is 16.8 Å². The van der Waals surface area contributed by atoms with E-state index >= 15 is 0 Å². The summed E-state index contributed by atoms with van der Waals surface area (Å²) in [5, 5.41) is 21.1. The van der Waals surface area contributed by atoms with Gasteiger partial charge in [-0.25, -0.2) is 9.67 Å². The number of phenols is 1. The second-order valence-corrected chi connectivity index (χ2v) is 7.85. The van der Waals surface area contributed by atoms with Gasteiger partial charge in [-0.2, -0.15) is 0 Å². The first-order chi connectivity index (χ1) is 14.4. The highest BCUT2D eigenvalue weighted by atomic mass is 32.1. The molecule has 0 unspecified atom stereocenters. The van der Waals surface area contributed by atoms with Gasteiger partial charge in [-0.3, -0.25) is 9.78 Å². The number of nitrogens with one attached hydrogen (secondary N) is 2. The number of thiazole rings is 1. The van der Waals surface area contributed by atoms with Crippen LogP contribution >= 0.6 is 11.3 Å². The van der Waals surface area contributed by atoms with Gasteiger partial charge in [0, 0.05) is 29.7 Å². The normalized spacial score (nSPS) is 10.8. The van der Waals surface area contributed by atoms with E-state index in [-0.39, 0.29) is 11.7 Å². The van der Waals surface area contributed by atoms with E-state index in [1.165, 1.54) is 17.5 Å². The minimum Gasteiger partial charge on any atom is -0.508 e. The molecule has 3 heterocycles. The van der Waals surface area contributed by atoms with Crippen LogP contribution in [0.5, 0.6) is 5.75 Å². The number of carbonyl (C=O) groups excluding carboxylic acids is 1. The molecular weight excluding hydrogens is 400 g/mol. The summed E-state index contributed by atoms with van der Waals surface area (Å²) < 4.78 is 1.76. The van der Waals surface area contributed by atoms with Crippen LogP contribution in [0.1, 0.15) is 26.4 Å². The number of hydrogen-bond donors (Lipinski definition) is 3. The quantitative estimate of drug-likeness (QED) is 0.443. The van der Waals surface area contributed by atoms with E-state index in [0.29, 0.717) is 27.1 Å². The molecule has 0 saturated carbocycles. The van der Waals surface area contributed by atoms with Crippen LogP contribution in [-0.4, -0.2) is 30.8 Å². The fourth-order valence-electron chi connectivity index (χ4n) is 2.95. The van der Waals surface area contributed by atoms with E-state index in [2.05, 4.69) is 25.7 Å². The van der Waals surface area contributed by atoms with Crippen molar-refractivity contribution in [3.05, 3.63) is 70.6 Å². The lowest BCUT2D eigenvalue weighted by molar-refractivity contribution is 0.103. The lowest BCUT2D eigenvalue weighted by Crippen LogP contribution is -2.12. The van der Waals surface area contributed by atoms with Gasteiger partial charge in [0.15, 0.2) is 10.9 Å². The molecule has 4 aromatic rings. The first-order valence-corrected chi connectivity index (χ1v) is 10.0. The topological polar surface area (TPSA) is 105 Å². The molecular formula is C21H20N6O2S. The van der Waals surface area contributed by atoms with Crippen molar-refractivity contribution >= 4 is 33.9 Å². The molecule has 0 radical (unpaired) electrons. The van der Waals surface area contributed by atoms with Gasteiger partial charge in [0.05, 0.1) is 17.6 Å². The number of phenolic OH excluding ortho intramolecular Hbond substituents is 1. The lowest BCUT2D eigenvalue weighted by atomic mass is 10.1. The van der Waals surface area contributed by atoms with Crippen molar-refractivity contribution in [1.82, 2.24) is 19.7 Å². The van der Waals surface area contributed by atoms with E-state index in [1.807, 2.05) is 32.2 Å². The van der Waals surface area contributed by atoms with Gasteiger partial charge in [-0.05, 0) is 44.5 Å². The van der Waals surface area contributed by atoms with Gasteiger partial charge >= 0.3 is 0 Å². The molecule has 0 spiro atoms. The highest BCUT2D eigenvalue weighted by Gasteiger charge is 2.16. The molecule has 3 N–H and O–H groups in total. The van der Waals surface area contributed by atoms with E-state index in [9.17, 15) is 9.90 Å². The maximum Gasteiger partial charge on any atom is 0.267 e. The molecule has 30 heavy (non-hydrogen) atoms. The molecule has 0 atom stereocenters. The maximum atomic E-state index is 12.7. The summed E-state index contributed by atoms with van der Waals surface area (Å²) in [5.74, 6) is 0.520. The molecule has 1 aromatic carbocycles. The average molecular weight is 420 g/mol. The Morgan fingerprint density at radius 2 is 1.87 bits per heavy atom. The maximum absolute atomic E-state index is 12.7. The number of carbonyl (C=O) groups is 1. The van der Waals surface area contributed by atoms with Gasteiger partial charge in [-0.15, -0.1) is 5.10 Å². The Morgan fingerprint density at radius 1 is 1.10 bits per heavy atom. The van der Waals surface area contributed by atoms with Crippen LogP contribution in [0.25, 0.3) is 5.69 Å². The van der Waals surface area contributed by atoms with Crippen molar-refractivity contribution in [1.29, 1.82) is 0 Å². The van der Waals surface area contributed by atoms with Crippen molar-refractivity contribution in [2.45, 2.75) is 20.8 Å². The fourth-order valence-corrected chi connectivity index (χ4v) is 3.66. The summed E-state index contributed by atoms with van der Waals surface area (Å²) in [6.45, 7) is 5.59. The number of hydrogen-bond acceptors (Lipinski definition) is 7. The van der Waals surface area contributed by atoms with Gasteiger partial charge in [0.2, 0.25) is 0 Å². The van der Waals surface area contributed by atoms with Gasteiger partial charge in [-0.1, -0.05) is 17.4 Å². The minimum absolute atomic E-state index is 0.141. The van der Waals surface area contributed by atoms with E-state index in [4.69, 9.17) is 0 Å². The average Bonchev–Trinajstić information content (AvgIpc) is 3.36. The molecule has 0 fully saturated rings. The molecule has 0 aliphatic carbocycles. The largest absolute Gasteiger partial charge is 0.508 e. The summed E-state index contributed by atoms with van der Waals surface area (Å²) >= 11 is 1.23. The Bertz CT molecular complexity index is 1220. The first kappa shape index (κ1) is 19.6. The highest BCUT2D eigenvalue weighted by Crippen LogP contribution is 2.30. The molecule has 0 saturated heterocycles. The molecule has 0 aliphatic rings. The molecule has 8 nitrogen and oxygen atoms in total. The third-order valence-corrected chi connectivity index (χ3v) is 5.57. The summed E-state index contributed by atoms with van der Waals surface area (Å²) in [5.41, 5.74) is 3.95. The predicted molar refractivity (Wildman–Crippen MR) is 117 cm³/mol. The number of aromatic nitrogens is 4. The van der Waals surface area contributed by atoms with Gasteiger partial charge in [0.25, 0.3) is 5.91 Å². The number of rotatable bonds is 5. The Balaban J connectivity index is 1.51. The summed E-state index contributed by atoms with van der Waals surface area (Å²) in [6, 6.07) is 7.11. The summed E-state index contributed by atoms with van der Waals surface area (Å²) in [4.78, 5) is 21.4. The van der Waals surface area contributed by atoms with Crippen molar-refractivity contribution in [2.75, 3.05) is 10.6 Å². The summed E-state index contributed by atoms with van der Waals surface area (Å²) in [7, 11) is 0. The molecule has 0 aliphatic heterocycles. The number of nitrogens with zero attached hydrogens (tertiary/aromatic N) is 4. The van der Waals surface area contributed by atoms with Crippen LogP contribution in [0.15, 0.2) is 49.1 Å². The van der Waals surface area contributed by atoms with Crippen LogP contribution < -0.4 is 10.6 Å². The SMILES string of the molecule is Cc1cn(-c2ccncc2)nc1Nc1ncc(C(=O)Nc2c(C)ccc(O)c2C)s1. The molecule has 152 valence electrons.